The van der Waals surface area contributed by atoms with Crippen LogP contribution in [0.25, 0.3) is 0 Å². The van der Waals surface area contributed by atoms with E-state index in [9.17, 15) is 28.1 Å². The van der Waals surface area contributed by atoms with Gasteiger partial charge in [-0.2, -0.15) is 13.2 Å². The van der Waals surface area contributed by atoms with E-state index < -0.39 is 28.3 Å². The van der Waals surface area contributed by atoms with Crippen molar-refractivity contribution in [3.8, 4) is 5.75 Å². The molecule has 6 nitrogen and oxygen atoms in total. The van der Waals surface area contributed by atoms with Gasteiger partial charge in [-0.1, -0.05) is 15.9 Å². The molecule has 0 radical (unpaired) electrons. The number of carbonyl (C=O) groups is 1. The van der Waals surface area contributed by atoms with Crippen molar-refractivity contribution in [1.29, 1.82) is 0 Å². The maximum Gasteiger partial charge on any atom is 0.417 e. The molecule has 1 amide bonds. The number of amides is 1. The summed E-state index contributed by atoms with van der Waals surface area (Å²) in [5, 5.41) is 13.3. The van der Waals surface area contributed by atoms with Gasteiger partial charge in [0.1, 0.15) is 11.3 Å². The number of carbonyl (C=O) groups excluding carboxylic acids is 1. The smallest absolute Gasteiger partial charge is 0.417 e. The first-order valence-corrected chi connectivity index (χ1v) is 7.43. The lowest BCUT2D eigenvalue weighted by Crippen LogP contribution is -2.15. The van der Waals surface area contributed by atoms with E-state index in [1.54, 1.807) is 0 Å². The summed E-state index contributed by atoms with van der Waals surface area (Å²) in [5.74, 6) is -0.733. The molecule has 0 unspecified atom stereocenters. The minimum atomic E-state index is -4.62. The fourth-order valence-corrected chi connectivity index (χ4v) is 2.47. The predicted molar refractivity (Wildman–Crippen MR) is 86.7 cm³/mol. The van der Waals surface area contributed by atoms with E-state index in [-0.39, 0.29) is 21.5 Å². The summed E-state index contributed by atoms with van der Waals surface area (Å²) in [5.41, 5.74) is -1.96. The van der Waals surface area contributed by atoms with E-state index in [4.69, 9.17) is 4.74 Å². The van der Waals surface area contributed by atoms with Crippen molar-refractivity contribution in [2.45, 2.75) is 6.18 Å². The largest absolute Gasteiger partial charge is 0.497 e. The molecule has 132 valence electrons. The summed E-state index contributed by atoms with van der Waals surface area (Å²) in [6.07, 6.45) is -4.62. The number of ether oxygens (including phenoxy) is 1. The van der Waals surface area contributed by atoms with Gasteiger partial charge in [-0.25, -0.2) is 0 Å². The normalized spacial score (nSPS) is 11.1. The Morgan fingerprint density at radius 3 is 2.48 bits per heavy atom. The van der Waals surface area contributed by atoms with Crippen LogP contribution in [-0.4, -0.2) is 17.9 Å². The molecule has 2 aromatic carbocycles. The number of alkyl halides is 3. The van der Waals surface area contributed by atoms with Gasteiger partial charge < -0.3 is 10.1 Å². The third-order valence-electron chi connectivity index (χ3n) is 3.17. The van der Waals surface area contributed by atoms with E-state index in [0.29, 0.717) is 0 Å². The van der Waals surface area contributed by atoms with E-state index in [0.717, 1.165) is 24.3 Å². The number of nitrogens with zero attached hydrogens (tertiary/aromatic N) is 1. The van der Waals surface area contributed by atoms with Crippen molar-refractivity contribution in [3.05, 3.63) is 62.1 Å². The highest BCUT2D eigenvalue weighted by atomic mass is 79.9. The number of anilines is 1. The summed E-state index contributed by atoms with van der Waals surface area (Å²) in [6, 6.07) is 6.61. The van der Waals surface area contributed by atoms with Crippen molar-refractivity contribution in [2.24, 2.45) is 0 Å². The van der Waals surface area contributed by atoms with Crippen molar-refractivity contribution < 1.29 is 27.6 Å². The van der Waals surface area contributed by atoms with E-state index in [1.165, 1.54) is 19.2 Å². The predicted octanol–water partition coefficient (Wildman–Crippen LogP) is 4.64. The molecule has 0 aliphatic carbocycles. The van der Waals surface area contributed by atoms with Gasteiger partial charge in [0, 0.05) is 16.2 Å². The Balaban J connectivity index is 2.39. The second-order valence-electron chi connectivity index (χ2n) is 4.79. The van der Waals surface area contributed by atoms with Crippen LogP contribution < -0.4 is 10.1 Å². The Labute approximate surface area is 147 Å². The highest BCUT2D eigenvalue weighted by Gasteiger charge is 2.33. The van der Waals surface area contributed by atoms with Crippen LogP contribution in [0.15, 0.2) is 40.9 Å². The zero-order valence-electron chi connectivity index (χ0n) is 12.6. The first-order valence-electron chi connectivity index (χ1n) is 6.64. The number of halogens is 4. The highest BCUT2D eigenvalue weighted by molar-refractivity contribution is 9.10. The lowest BCUT2D eigenvalue weighted by atomic mass is 10.1. The number of rotatable bonds is 4. The molecule has 0 aromatic heterocycles. The van der Waals surface area contributed by atoms with Crippen molar-refractivity contribution >= 4 is 33.2 Å². The highest BCUT2D eigenvalue weighted by Crippen LogP contribution is 2.36. The van der Waals surface area contributed by atoms with Crippen LogP contribution in [0.3, 0.4) is 0 Å². The van der Waals surface area contributed by atoms with E-state index in [2.05, 4.69) is 21.2 Å². The average molecular weight is 419 g/mol. The molecule has 2 aromatic rings. The van der Waals surface area contributed by atoms with E-state index >= 15 is 0 Å². The lowest BCUT2D eigenvalue weighted by molar-refractivity contribution is -0.385. The van der Waals surface area contributed by atoms with Crippen molar-refractivity contribution in [1.82, 2.24) is 0 Å². The Morgan fingerprint density at radius 1 is 1.24 bits per heavy atom. The molecule has 0 heterocycles. The molecule has 0 aliphatic rings. The zero-order valence-corrected chi connectivity index (χ0v) is 14.1. The van der Waals surface area contributed by atoms with Crippen LogP contribution in [0.2, 0.25) is 0 Å². The monoisotopic (exact) mass is 418 g/mol. The number of nitro benzene ring substituents is 1. The van der Waals surface area contributed by atoms with Crippen LogP contribution in [0.4, 0.5) is 24.5 Å². The Kier molecular flexibility index (Phi) is 5.31. The molecular weight excluding hydrogens is 409 g/mol. The molecular formula is C15H10BrF3N2O4. The van der Waals surface area contributed by atoms with Crippen LogP contribution in [0, 0.1) is 10.1 Å². The van der Waals surface area contributed by atoms with Crippen LogP contribution in [0.1, 0.15) is 15.9 Å². The average Bonchev–Trinajstić information content (AvgIpc) is 2.54. The Morgan fingerprint density at radius 2 is 1.92 bits per heavy atom. The fraction of sp³-hybridized carbons (Fsp3) is 0.133. The summed E-state index contributed by atoms with van der Waals surface area (Å²) in [6.45, 7) is 0. The second-order valence-corrected chi connectivity index (χ2v) is 5.64. The number of methoxy groups -OCH3 is 1. The third kappa shape index (κ3) is 4.27. The fourth-order valence-electron chi connectivity index (χ4n) is 2.00. The van der Waals surface area contributed by atoms with Gasteiger partial charge in [0.05, 0.1) is 17.6 Å². The van der Waals surface area contributed by atoms with Gasteiger partial charge in [0.25, 0.3) is 11.6 Å². The van der Waals surface area contributed by atoms with Gasteiger partial charge in [0.15, 0.2) is 0 Å². The van der Waals surface area contributed by atoms with Crippen LogP contribution >= 0.6 is 15.9 Å². The van der Waals surface area contributed by atoms with Gasteiger partial charge in [-0.3, -0.25) is 14.9 Å². The molecule has 0 aliphatic heterocycles. The first kappa shape index (κ1) is 18.7. The molecule has 0 bridgehead atoms. The van der Waals surface area contributed by atoms with Gasteiger partial charge in [-0.05, 0) is 30.3 Å². The van der Waals surface area contributed by atoms with Crippen LogP contribution in [0.5, 0.6) is 5.75 Å². The third-order valence-corrected chi connectivity index (χ3v) is 3.87. The minimum absolute atomic E-state index is 0.155. The topological polar surface area (TPSA) is 81.5 Å². The molecule has 0 fully saturated rings. The number of nitrogens with one attached hydrogen (secondary N) is 1. The maximum atomic E-state index is 12.9. The van der Waals surface area contributed by atoms with Crippen LogP contribution in [-0.2, 0) is 6.18 Å². The lowest BCUT2D eigenvalue weighted by Gasteiger charge is -2.12. The first-order chi connectivity index (χ1) is 11.6. The Bertz CT molecular complexity index is 840. The zero-order chi connectivity index (χ0) is 18.8. The molecule has 0 saturated heterocycles. The summed E-state index contributed by atoms with van der Waals surface area (Å²) in [4.78, 5) is 22.6. The Hall–Kier alpha value is -2.62. The standard InChI is InChI=1S/C15H10BrF3N2O4/c1-25-9-3-5-13(21(23)24)10(7-9)14(22)20-8-2-4-12(16)11(6-8)15(17,18)19/h2-7H,1H3,(H,20,22). The minimum Gasteiger partial charge on any atom is -0.497 e. The summed E-state index contributed by atoms with van der Waals surface area (Å²) >= 11 is 2.79. The summed E-state index contributed by atoms with van der Waals surface area (Å²) in [7, 11) is 1.31. The quantitative estimate of drug-likeness (QED) is 0.579. The number of hydrogen-bond acceptors (Lipinski definition) is 4. The number of benzene rings is 2. The van der Waals surface area contributed by atoms with Gasteiger partial charge >= 0.3 is 6.18 Å². The molecule has 0 saturated carbocycles. The van der Waals surface area contributed by atoms with E-state index in [1.807, 2.05) is 0 Å². The molecule has 0 atom stereocenters. The SMILES string of the molecule is COc1ccc([N+](=O)[O-])c(C(=O)Nc2ccc(Br)c(C(F)(F)F)c2)c1. The van der Waals surface area contributed by atoms with Crippen molar-refractivity contribution in [2.75, 3.05) is 12.4 Å². The number of nitro groups is 1. The molecule has 0 spiro atoms. The second kappa shape index (κ2) is 7.09. The molecule has 1 N–H and O–H groups in total. The summed E-state index contributed by atoms with van der Waals surface area (Å²) < 4.78 is 43.5. The van der Waals surface area contributed by atoms with Gasteiger partial charge in [0.2, 0.25) is 0 Å². The number of hydrogen-bond donors (Lipinski definition) is 1. The van der Waals surface area contributed by atoms with Gasteiger partial charge in [-0.15, -0.1) is 0 Å². The maximum absolute atomic E-state index is 12.9. The molecule has 25 heavy (non-hydrogen) atoms. The van der Waals surface area contributed by atoms with Crippen molar-refractivity contribution in [3.63, 3.8) is 0 Å². The molecule has 10 heteroatoms. The molecule has 2 rings (SSSR count).